The Labute approximate surface area is 171 Å². The fourth-order valence-electron chi connectivity index (χ4n) is 4.24. The maximum Gasteiger partial charge on any atom is -0.0274 e. The standard InChI is InChI=1S/C27H48/c1-4-6-8-10-12-14-16-18-22-26-23-20-21-25(3)27(26)24-19-17-15-13-11-9-7-5-2/h20-21,23H,4-19,22,24H2,1-3H3. The smallest absolute Gasteiger partial charge is 0.0274 e. The summed E-state index contributed by atoms with van der Waals surface area (Å²) in [5.41, 5.74) is 4.84. The van der Waals surface area contributed by atoms with Crippen LogP contribution in [0.3, 0.4) is 0 Å². The van der Waals surface area contributed by atoms with Gasteiger partial charge in [0.05, 0.1) is 0 Å². The second kappa shape index (κ2) is 17.3. The van der Waals surface area contributed by atoms with Crippen molar-refractivity contribution in [2.24, 2.45) is 0 Å². The van der Waals surface area contributed by atoms with Gasteiger partial charge in [-0.1, -0.05) is 122 Å². The lowest BCUT2D eigenvalue weighted by atomic mass is 9.93. The Morgan fingerprint density at radius 1 is 0.519 bits per heavy atom. The minimum Gasteiger partial charge on any atom is -0.0654 e. The van der Waals surface area contributed by atoms with Crippen molar-refractivity contribution in [1.82, 2.24) is 0 Å². The summed E-state index contributed by atoms with van der Waals surface area (Å²) in [5, 5.41) is 0. The lowest BCUT2D eigenvalue weighted by Crippen LogP contribution is -1.98. The first kappa shape index (κ1) is 24.3. The number of aryl methyl sites for hydroxylation is 2. The van der Waals surface area contributed by atoms with Gasteiger partial charge >= 0.3 is 0 Å². The van der Waals surface area contributed by atoms with Crippen molar-refractivity contribution in [3.8, 4) is 0 Å². The summed E-state index contributed by atoms with van der Waals surface area (Å²) < 4.78 is 0. The van der Waals surface area contributed by atoms with E-state index in [0.717, 1.165) is 0 Å². The lowest BCUT2D eigenvalue weighted by Gasteiger charge is -2.13. The van der Waals surface area contributed by atoms with E-state index in [1.807, 2.05) is 0 Å². The van der Waals surface area contributed by atoms with Gasteiger partial charge in [0.15, 0.2) is 0 Å². The van der Waals surface area contributed by atoms with Crippen LogP contribution in [0.15, 0.2) is 18.2 Å². The molecule has 0 aliphatic carbocycles. The van der Waals surface area contributed by atoms with Crippen LogP contribution in [0, 0.1) is 6.92 Å². The molecule has 0 radical (unpaired) electrons. The molecule has 0 saturated heterocycles. The highest BCUT2D eigenvalue weighted by Crippen LogP contribution is 2.21. The molecule has 0 saturated carbocycles. The van der Waals surface area contributed by atoms with Crippen LogP contribution in [0.2, 0.25) is 0 Å². The van der Waals surface area contributed by atoms with Crippen molar-refractivity contribution in [2.45, 2.75) is 136 Å². The maximum atomic E-state index is 2.40. The van der Waals surface area contributed by atoms with E-state index < -0.39 is 0 Å². The topological polar surface area (TPSA) is 0 Å². The highest BCUT2D eigenvalue weighted by atomic mass is 14.1. The summed E-state index contributed by atoms with van der Waals surface area (Å²) >= 11 is 0. The average molecular weight is 373 g/mol. The molecule has 0 unspecified atom stereocenters. The summed E-state index contributed by atoms with van der Waals surface area (Å²) in [7, 11) is 0. The van der Waals surface area contributed by atoms with Crippen LogP contribution >= 0.6 is 0 Å². The molecule has 0 aliphatic rings. The van der Waals surface area contributed by atoms with Crippen molar-refractivity contribution in [2.75, 3.05) is 0 Å². The molecule has 0 aliphatic heterocycles. The van der Waals surface area contributed by atoms with Crippen LogP contribution in [0.5, 0.6) is 0 Å². The summed E-state index contributed by atoms with van der Waals surface area (Å²) in [5.74, 6) is 0. The molecule has 0 N–H and O–H groups in total. The average Bonchev–Trinajstić information content (AvgIpc) is 2.67. The van der Waals surface area contributed by atoms with E-state index in [-0.39, 0.29) is 0 Å². The SMILES string of the molecule is CCCCCCCCCCc1cccc(C)c1CCCCCCCCCC. The van der Waals surface area contributed by atoms with Crippen molar-refractivity contribution in [1.29, 1.82) is 0 Å². The molecule has 27 heavy (non-hydrogen) atoms. The molecule has 156 valence electrons. The van der Waals surface area contributed by atoms with E-state index >= 15 is 0 Å². The maximum absolute atomic E-state index is 2.40. The summed E-state index contributed by atoms with van der Waals surface area (Å²) in [6, 6.07) is 6.98. The van der Waals surface area contributed by atoms with Crippen molar-refractivity contribution in [3.63, 3.8) is 0 Å². The lowest BCUT2D eigenvalue weighted by molar-refractivity contribution is 0.570. The van der Waals surface area contributed by atoms with Crippen LogP contribution in [-0.4, -0.2) is 0 Å². The number of hydrogen-bond donors (Lipinski definition) is 0. The van der Waals surface area contributed by atoms with Crippen LogP contribution in [0.1, 0.15) is 133 Å². The fourth-order valence-corrected chi connectivity index (χ4v) is 4.24. The number of benzene rings is 1. The molecule has 0 bridgehead atoms. The quantitative estimate of drug-likeness (QED) is 0.225. The summed E-state index contributed by atoms with van der Waals surface area (Å²) in [6.07, 6.45) is 25.3. The molecule has 0 heterocycles. The number of hydrogen-bond acceptors (Lipinski definition) is 0. The molecule has 0 heteroatoms. The van der Waals surface area contributed by atoms with E-state index in [1.165, 1.54) is 121 Å². The Bertz CT molecular complexity index is 445. The molecule has 1 rings (SSSR count). The normalized spacial score (nSPS) is 11.2. The van der Waals surface area contributed by atoms with Gasteiger partial charge in [0.1, 0.15) is 0 Å². The molecule has 0 amide bonds. The van der Waals surface area contributed by atoms with E-state index in [0.29, 0.717) is 0 Å². The Morgan fingerprint density at radius 2 is 0.963 bits per heavy atom. The summed E-state index contributed by atoms with van der Waals surface area (Å²) in [4.78, 5) is 0. The van der Waals surface area contributed by atoms with E-state index in [9.17, 15) is 0 Å². The molecule has 0 atom stereocenters. The Hall–Kier alpha value is -0.780. The minimum atomic E-state index is 1.29. The predicted octanol–water partition coefficient (Wildman–Crippen LogP) is 9.36. The molecule has 0 aromatic heterocycles. The van der Waals surface area contributed by atoms with Gasteiger partial charge in [0.2, 0.25) is 0 Å². The zero-order valence-electron chi connectivity index (χ0n) is 19.0. The first-order chi connectivity index (χ1) is 13.3. The van der Waals surface area contributed by atoms with Gasteiger partial charge in [-0.15, -0.1) is 0 Å². The van der Waals surface area contributed by atoms with Crippen LogP contribution in [0.25, 0.3) is 0 Å². The highest BCUT2D eigenvalue weighted by Gasteiger charge is 2.06. The first-order valence-corrected chi connectivity index (χ1v) is 12.4. The third-order valence-electron chi connectivity index (χ3n) is 6.09. The molecule has 1 aromatic carbocycles. The second-order valence-corrected chi connectivity index (χ2v) is 8.66. The van der Waals surface area contributed by atoms with E-state index in [1.54, 1.807) is 11.1 Å². The van der Waals surface area contributed by atoms with Gasteiger partial charge in [0.25, 0.3) is 0 Å². The fraction of sp³-hybridized carbons (Fsp3) is 0.778. The van der Waals surface area contributed by atoms with Gasteiger partial charge in [-0.2, -0.15) is 0 Å². The molecular weight excluding hydrogens is 324 g/mol. The van der Waals surface area contributed by atoms with Gasteiger partial charge in [-0.05, 0) is 49.3 Å². The zero-order valence-corrected chi connectivity index (χ0v) is 19.0. The zero-order chi connectivity index (χ0) is 19.6. The van der Waals surface area contributed by atoms with Gasteiger partial charge in [0, 0.05) is 0 Å². The largest absolute Gasteiger partial charge is 0.0654 e. The first-order valence-electron chi connectivity index (χ1n) is 12.4. The monoisotopic (exact) mass is 372 g/mol. The van der Waals surface area contributed by atoms with Crippen LogP contribution < -0.4 is 0 Å². The third-order valence-corrected chi connectivity index (χ3v) is 6.09. The van der Waals surface area contributed by atoms with Crippen LogP contribution in [-0.2, 0) is 12.8 Å². The number of unbranched alkanes of at least 4 members (excludes halogenated alkanes) is 14. The summed E-state index contributed by atoms with van der Waals surface area (Å²) in [6.45, 7) is 6.91. The molecule has 0 spiro atoms. The van der Waals surface area contributed by atoms with Crippen molar-refractivity contribution >= 4 is 0 Å². The van der Waals surface area contributed by atoms with Crippen molar-refractivity contribution < 1.29 is 0 Å². The van der Waals surface area contributed by atoms with E-state index in [4.69, 9.17) is 0 Å². The Kier molecular flexibility index (Phi) is 15.6. The molecule has 0 nitrogen and oxygen atoms in total. The highest BCUT2D eigenvalue weighted by molar-refractivity contribution is 5.34. The van der Waals surface area contributed by atoms with Crippen molar-refractivity contribution in [3.05, 3.63) is 34.9 Å². The van der Waals surface area contributed by atoms with Gasteiger partial charge in [-0.25, -0.2) is 0 Å². The minimum absolute atomic E-state index is 1.29. The molecule has 1 aromatic rings. The molecule has 0 fully saturated rings. The van der Waals surface area contributed by atoms with Gasteiger partial charge < -0.3 is 0 Å². The van der Waals surface area contributed by atoms with E-state index in [2.05, 4.69) is 39.0 Å². The third kappa shape index (κ3) is 12.3. The second-order valence-electron chi connectivity index (χ2n) is 8.66. The Morgan fingerprint density at radius 3 is 1.48 bits per heavy atom. The molecular formula is C27H48. The number of rotatable bonds is 18. The Balaban J connectivity index is 2.21. The van der Waals surface area contributed by atoms with Gasteiger partial charge in [-0.3, -0.25) is 0 Å². The van der Waals surface area contributed by atoms with Crippen LogP contribution in [0.4, 0.5) is 0 Å². The predicted molar refractivity (Wildman–Crippen MR) is 124 cm³/mol.